The third kappa shape index (κ3) is 4.63. The molecule has 1 saturated heterocycles. The van der Waals surface area contributed by atoms with Crippen molar-refractivity contribution in [1.82, 2.24) is 18.9 Å². The first-order valence-electron chi connectivity index (χ1n) is 12.8. The maximum Gasteiger partial charge on any atom is 0.267 e. The smallest absolute Gasteiger partial charge is 0.267 e. The molecule has 0 spiro atoms. The van der Waals surface area contributed by atoms with Gasteiger partial charge < -0.3 is 14.2 Å². The summed E-state index contributed by atoms with van der Waals surface area (Å²) >= 11 is 0. The third-order valence-corrected chi connectivity index (χ3v) is 7.30. The van der Waals surface area contributed by atoms with Gasteiger partial charge in [0.05, 0.1) is 18.1 Å². The normalized spacial score (nSPS) is 17.9. The van der Waals surface area contributed by atoms with Crippen molar-refractivity contribution >= 4 is 22.6 Å². The molecule has 0 saturated carbocycles. The van der Waals surface area contributed by atoms with E-state index >= 15 is 0 Å². The van der Waals surface area contributed by atoms with Crippen molar-refractivity contribution in [3.05, 3.63) is 81.2 Å². The lowest BCUT2D eigenvalue weighted by atomic mass is 9.91. The Balaban J connectivity index is 1.67. The van der Waals surface area contributed by atoms with Crippen molar-refractivity contribution in [3.63, 3.8) is 0 Å². The van der Waals surface area contributed by atoms with Crippen LogP contribution in [0.25, 0.3) is 16.7 Å². The molecule has 1 aliphatic heterocycles. The number of aromatic nitrogens is 3. The van der Waals surface area contributed by atoms with Crippen LogP contribution >= 0.6 is 0 Å². The van der Waals surface area contributed by atoms with Crippen molar-refractivity contribution in [1.29, 1.82) is 5.41 Å². The lowest BCUT2D eigenvalue weighted by Crippen LogP contribution is -2.45. The number of methoxy groups -OCH3 is 1. The average molecular weight is 500 g/mol. The van der Waals surface area contributed by atoms with Gasteiger partial charge in [-0.1, -0.05) is 32.0 Å². The summed E-state index contributed by atoms with van der Waals surface area (Å²) in [6.45, 7) is 7.92. The second-order valence-corrected chi connectivity index (χ2v) is 10.4. The van der Waals surface area contributed by atoms with Gasteiger partial charge in [-0.15, -0.1) is 0 Å². The number of piperidine rings is 1. The number of ether oxygens (including phenoxy) is 1. The Hall–Kier alpha value is -3.94. The summed E-state index contributed by atoms with van der Waals surface area (Å²) in [4.78, 5) is 34.0. The summed E-state index contributed by atoms with van der Waals surface area (Å²) in [5.74, 6) is 1.36. The highest BCUT2D eigenvalue weighted by Crippen LogP contribution is 2.23. The molecule has 1 amide bonds. The van der Waals surface area contributed by atoms with Crippen LogP contribution in [0, 0.1) is 24.2 Å². The van der Waals surface area contributed by atoms with Gasteiger partial charge in [0.2, 0.25) is 0 Å². The summed E-state index contributed by atoms with van der Waals surface area (Å²) in [5.41, 5.74) is 2.99. The highest BCUT2D eigenvalue weighted by Gasteiger charge is 2.28. The Morgan fingerprint density at radius 3 is 2.49 bits per heavy atom. The summed E-state index contributed by atoms with van der Waals surface area (Å²) in [7, 11) is 1.63. The number of carbonyl (C=O) groups excluding carboxylic acids is 1. The number of hydrogen-bond acceptors (Lipinski definition) is 5. The zero-order valence-corrected chi connectivity index (χ0v) is 21.8. The van der Waals surface area contributed by atoms with Crippen LogP contribution in [0.4, 0.5) is 0 Å². The molecule has 0 radical (unpaired) electrons. The molecule has 3 aromatic heterocycles. The maximum atomic E-state index is 13.7. The van der Waals surface area contributed by atoms with Crippen LogP contribution in [0.2, 0.25) is 0 Å². The molecule has 2 atom stereocenters. The highest BCUT2D eigenvalue weighted by molar-refractivity contribution is 5.97. The number of aryl methyl sites for hydroxylation is 3. The highest BCUT2D eigenvalue weighted by atomic mass is 16.5. The van der Waals surface area contributed by atoms with Gasteiger partial charge in [-0.25, -0.2) is 4.98 Å². The Kier molecular flexibility index (Phi) is 6.58. The Morgan fingerprint density at radius 1 is 1.11 bits per heavy atom. The second-order valence-electron chi connectivity index (χ2n) is 10.4. The summed E-state index contributed by atoms with van der Waals surface area (Å²) < 4.78 is 8.51. The summed E-state index contributed by atoms with van der Waals surface area (Å²) in [6, 6.07) is 13.1. The maximum absolute atomic E-state index is 13.7. The molecule has 0 bridgehead atoms. The van der Waals surface area contributed by atoms with Crippen LogP contribution in [0.15, 0.2) is 53.5 Å². The van der Waals surface area contributed by atoms with Crippen LogP contribution in [0.5, 0.6) is 5.75 Å². The van der Waals surface area contributed by atoms with Crippen molar-refractivity contribution in [2.24, 2.45) is 11.8 Å². The second kappa shape index (κ2) is 9.84. The molecule has 0 aliphatic carbocycles. The van der Waals surface area contributed by atoms with Crippen LogP contribution < -0.4 is 15.8 Å². The first-order valence-corrected chi connectivity index (χ1v) is 12.8. The van der Waals surface area contributed by atoms with Gasteiger partial charge in [-0.3, -0.25) is 19.4 Å². The van der Waals surface area contributed by atoms with Gasteiger partial charge in [0.25, 0.3) is 11.5 Å². The first kappa shape index (κ1) is 24.7. The predicted octanol–water partition coefficient (Wildman–Crippen LogP) is 3.81. The molecular formula is C29H33N5O3. The number of rotatable bonds is 5. The average Bonchev–Trinajstić information content (AvgIpc) is 2.88. The zero-order valence-electron chi connectivity index (χ0n) is 21.8. The predicted molar refractivity (Wildman–Crippen MR) is 143 cm³/mol. The Labute approximate surface area is 215 Å². The minimum Gasteiger partial charge on any atom is -0.497 e. The molecule has 1 aromatic carbocycles. The summed E-state index contributed by atoms with van der Waals surface area (Å²) in [5, 5.41) is 9.43. The van der Waals surface area contributed by atoms with E-state index in [-0.39, 0.29) is 22.5 Å². The van der Waals surface area contributed by atoms with E-state index in [9.17, 15) is 9.59 Å². The molecular weight excluding hydrogens is 466 g/mol. The van der Waals surface area contributed by atoms with E-state index in [4.69, 9.17) is 15.1 Å². The fraction of sp³-hybridized carbons (Fsp3) is 0.379. The summed E-state index contributed by atoms with van der Waals surface area (Å²) in [6.07, 6.45) is 3.39. The van der Waals surface area contributed by atoms with Crippen LogP contribution in [0.3, 0.4) is 0 Å². The molecule has 1 N–H and O–H groups in total. The fourth-order valence-corrected chi connectivity index (χ4v) is 5.51. The van der Waals surface area contributed by atoms with Crippen LogP contribution in [-0.2, 0) is 13.0 Å². The number of nitrogens with one attached hydrogen (secondary N) is 1. The molecule has 1 aliphatic rings. The lowest BCUT2D eigenvalue weighted by Gasteiger charge is -2.35. The number of carbonyl (C=O) groups is 1. The quantitative estimate of drug-likeness (QED) is 0.423. The lowest BCUT2D eigenvalue weighted by molar-refractivity contribution is 0.0620. The van der Waals surface area contributed by atoms with E-state index in [2.05, 4.69) is 13.8 Å². The van der Waals surface area contributed by atoms with Gasteiger partial charge in [-0.05, 0) is 67.0 Å². The van der Waals surface area contributed by atoms with Gasteiger partial charge in [0.15, 0.2) is 0 Å². The molecule has 4 heterocycles. The Morgan fingerprint density at radius 2 is 1.81 bits per heavy atom. The number of likely N-dealkylation sites (tertiary alicyclic amines) is 1. The van der Waals surface area contributed by atoms with E-state index in [1.165, 1.54) is 4.40 Å². The van der Waals surface area contributed by atoms with E-state index < -0.39 is 0 Å². The van der Waals surface area contributed by atoms with Crippen LogP contribution in [-0.4, -0.2) is 45.0 Å². The molecule has 5 rings (SSSR count). The monoisotopic (exact) mass is 499 g/mol. The minimum atomic E-state index is -0.240. The standard InChI is InChI=1S/C29H33N5O3/c1-18-14-19(2)17-32(16-18)28(35)23-15-24-27(31-26-20(3)6-5-12-34(26)29(24)36)33(25(23)30)13-11-21-7-9-22(37-4)10-8-21/h5-10,12,15,18-19,30H,11,13-14,16-17H2,1-4H3. The fourth-order valence-electron chi connectivity index (χ4n) is 5.51. The molecule has 8 nitrogen and oxygen atoms in total. The van der Waals surface area contributed by atoms with Crippen molar-refractivity contribution in [3.8, 4) is 5.75 Å². The van der Waals surface area contributed by atoms with Crippen molar-refractivity contribution in [2.75, 3.05) is 20.2 Å². The molecule has 8 heteroatoms. The Bertz CT molecular complexity index is 1590. The molecule has 2 unspecified atom stereocenters. The topological polar surface area (TPSA) is 92.7 Å². The van der Waals surface area contributed by atoms with E-state index in [0.717, 1.165) is 23.3 Å². The van der Waals surface area contributed by atoms with E-state index in [1.54, 1.807) is 23.9 Å². The number of hydrogen-bond donors (Lipinski definition) is 1. The first-order chi connectivity index (χ1) is 17.8. The van der Waals surface area contributed by atoms with Crippen molar-refractivity contribution < 1.29 is 9.53 Å². The zero-order chi connectivity index (χ0) is 26.3. The number of benzene rings is 1. The minimum absolute atomic E-state index is 0.0849. The van der Waals surface area contributed by atoms with Gasteiger partial charge in [-0.2, -0.15) is 0 Å². The van der Waals surface area contributed by atoms with Gasteiger partial charge >= 0.3 is 0 Å². The molecule has 4 aromatic rings. The number of amides is 1. The molecule has 1 fully saturated rings. The largest absolute Gasteiger partial charge is 0.497 e. The molecule has 37 heavy (non-hydrogen) atoms. The number of nitrogens with zero attached hydrogens (tertiary/aromatic N) is 4. The van der Waals surface area contributed by atoms with Gasteiger partial charge in [0.1, 0.15) is 22.5 Å². The molecule has 192 valence electrons. The van der Waals surface area contributed by atoms with Crippen molar-refractivity contribution in [2.45, 2.75) is 40.2 Å². The van der Waals surface area contributed by atoms with E-state index in [0.29, 0.717) is 54.6 Å². The van der Waals surface area contributed by atoms with Gasteiger partial charge in [0, 0.05) is 25.8 Å². The van der Waals surface area contributed by atoms with E-state index in [1.807, 2.05) is 48.2 Å². The third-order valence-electron chi connectivity index (χ3n) is 7.30. The SMILES string of the molecule is COc1ccc(CCn2c(=N)c(C(=O)N3CC(C)CC(C)C3)cc3c(=O)n4cccc(C)c4nc32)cc1. The number of pyridine rings is 2. The van der Waals surface area contributed by atoms with Crippen LogP contribution in [0.1, 0.15) is 41.8 Å². The number of fused-ring (bicyclic) bond motifs is 2.